The molecule has 0 spiro atoms. The zero-order valence-electron chi connectivity index (χ0n) is 23.9. The number of nitrogens with zero attached hydrogens (tertiary/aromatic N) is 5. The standard InChI is InChI=1S/C24H31FN6O4S/c1-3-8-36-24-27-22(26-16-10-14(16)13-5-4-12(2)15(25)9-13)19-23(28-24)31(30-29-19)17-11-18(35-7-6-32)21(34)20(17)33/h4-5,9,14,16-18,20-21,32-34H,3,6-8,10-11H2,1-2H3,(H,26,27,28)/t14-,16+,17+,18-,20-,21+/m0/s1/i4D,5D,9D,16D. The third kappa shape index (κ3) is 4.92. The second-order valence-electron chi connectivity index (χ2n) is 8.96. The first-order chi connectivity index (χ1) is 19.0. The number of benzene rings is 1. The Morgan fingerprint density at radius 2 is 2.14 bits per heavy atom. The number of rotatable bonds is 10. The van der Waals surface area contributed by atoms with Crippen molar-refractivity contribution in [3.63, 3.8) is 0 Å². The van der Waals surface area contributed by atoms with E-state index in [-0.39, 0.29) is 66.2 Å². The van der Waals surface area contributed by atoms with E-state index in [4.69, 9.17) is 15.3 Å². The summed E-state index contributed by atoms with van der Waals surface area (Å²) in [5.41, 5.74) is 0.418. The Morgan fingerprint density at radius 1 is 1.31 bits per heavy atom. The van der Waals surface area contributed by atoms with Crippen molar-refractivity contribution >= 4 is 28.7 Å². The van der Waals surface area contributed by atoms with Gasteiger partial charge < -0.3 is 25.4 Å². The van der Waals surface area contributed by atoms with Crippen molar-refractivity contribution in [2.24, 2.45) is 0 Å². The summed E-state index contributed by atoms with van der Waals surface area (Å²) in [5.74, 6) is -0.697. The van der Waals surface area contributed by atoms with Crippen LogP contribution in [0.4, 0.5) is 10.2 Å². The summed E-state index contributed by atoms with van der Waals surface area (Å²) >= 11 is 1.38. The van der Waals surface area contributed by atoms with Crippen LogP contribution in [0, 0.1) is 12.7 Å². The average molecular weight is 523 g/mol. The maximum atomic E-state index is 14.6. The highest BCUT2D eigenvalue weighted by Crippen LogP contribution is 2.44. The van der Waals surface area contributed by atoms with Gasteiger partial charge in [0.15, 0.2) is 22.1 Å². The van der Waals surface area contributed by atoms with Crippen LogP contribution in [0.1, 0.15) is 54.8 Å². The molecule has 0 amide bonds. The Hall–Kier alpha value is -2.38. The van der Waals surface area contributed by atoms with Crippen molar-refractivity contribution in [1.29, 1.82) is 0 Å². The van der Waals surface area contributed by atoms with E-state index in [1.54, 1.807) is 0 Å². The number of anilines is 1. The third-order valence-corrected chi connectivity index (χ3v) is 7.40. The number of ether oxygens (including phenoxy) is 1. The van der Waals surface area contributed by atoms with Gasteiger partial charge in [0.05, 0.1) is 30.8 Å². The Kier molecular flexibility index (Phi) is 6.05. The number of halogens is 1. The minimum absolute atomic E-state index is 0.00197. The van der Waals surface area contributed by atoms with Gasteiger partial charge in [-0.25, -0.2) is 19.0 Å². The first-order valence-electron chi connectivity index (χ1n) is 13.9. The van der Waals surface area contributed by atoms with Crippen molar-refractivity contribution in [3.05, 3.63) is 35.1 Å². The third-order valence-electron chi connectivity index (χ3n) is 6.34. The van der Waals surface area contributed by atoms with E-state index in [9.17, 15) is 14.6 Å². The number of nitrogens with one attached hydrogen (secondary N) is 1. The maximum absolute atomic E-state index is 14.6. The molecule has 0 radical (unpaired) electrons. The maximum Gasteiger partial charge on any atom is 0.191 e. The lowest BCUT2D eigenvalue weighted by Gasteiger charge is -2.17. The molecule has 2 aliphatic carbocycles. The predicted molar refractivity (Wildman–Crippen MR) is 133 cm³/mol. The van der Waals surface area contributed by atoms with Crippen molar-refractivity contribution in [1.82, 2.24) is 25.0 Å². The van der Waals surface area contributed by atoms with E-state index >= 15 is 0 Å². The lowest BCUT2D eigenvalue weighted by atomic mass is 10.1. The van der Waals surface area contributed by atoms with Gasteiger partial charge >= 0.3 is 0 Å². The number of fused-ring (bicyclic) bond motifs is 1. The zero-order chi connectivity index (χ0) is 28.9. The smallest absolute Gasteiger partial charge is 0.191 e. The van der Waals surface area contributed by atoms with Crippen LogP contribution in [0.5, 0.6) is 0 Å². The highest BCUT2D eigenvalue weighted by Gasteiger charge is 2.45. The van der Waals surface area contributed by atoms with Gasteiger partial charge in [0.25, 0.3) is 0 Å². The van der Waals surface area contributed by atoms with E-state index in [1.807, 2.05) is 6.92 Å². The summed E-state index contributed by atoms with van der Waals surface area (Å²) < 4.78 is 55.1. The van der Waals surface area contributed by atoms with E-state index in [1.165, 1.54) is 23.4 Å². The molecule has 10 nitrogen and oxygen atoms in total. The van der Waals surface area contributed by atoms with Crippen LogP contribution in [-0.2, 0) is 4.74 Å². The number of hydrogen-bond donors (Lipinski definition) is 4. The molecule has 5 rings (SSSR count). The van der Waals surface area contributed by atoms with Gasteiger partial charge in [-0.05, 0) is 36.9 Å². The van der Waals surface area contributed by atoms with Crippen LogP contribution in [0.25, 0.3) is 11.2 Å². The molecule has 2 heterocycles. The summed E-state index contributed by atoms with van der Waals surface area (Å²) in [7, 11) is 0. The molecule has 0 unspecified atom stereocenters. The van der Waals surface area contributed by atoms with E-state index in [0.717, 1.165) is 6.42 Å². The average Bonchev–Trinajstić information content (AvgIpc) is 3.25. The molecule has 0 aliphatic heterocycles. The lowest BCUT2D eigenvalue weighted by molar-refractivity contribution is -0.0629. The number of hydrogen-bond acceptors (Lipinski definition) is 10. The van der Waals surface area contributed by atoms with E-state index in [2.05, 4.69) is 25.6 Å². The highest BCUT2D eigenvalue weighted by molar-refractivity contribution is 7.99. The van der Waals surface area contributed by atoms with Crippen molar-refractivity contribution in [3.8, 4) is 0 Å². The van der Waals surface area contributed by atoms with Gasteiger partial charge in [-0.1, -0.05) is 36.0 Å². The molecule has 12 heteroatoms. The molecule has 0 bridgehead atoms. The van der Waals surface area contributed by atoms with Crippen LogP contribution in [0.2, 0.25) is 0 Å². The Balaban J connectivity index is 1.50. The zero-order valence-corrected chi connectivity index (χ0v) is 20.7. The molecule has 3 aromatic rings. The fraction of sp³-hybridized carbons (Fsp3) is 0.583. The number of thioether (sulfide) groups is 1. The molecule has 4 N–H and O–H groups in total. The Morgan fingerprint density at radius 3 is 2.92 bits per heavy atom. The topological polar surface area (TPSA) is 138 Å². The summed E-state index contributed by atoms with van der Waals surface area (Å²) in [5, 5.41) is 42.1. The molecular weight excluding hydrogens is 487 g/mol. The molecule has 0 saturated heterocycles. The van der Waals surface area contributed by atoms with Crippen molar-refractivity contribution < 1.29 is 29.9 Å². The molecular formula is C24H31FN6O4S. The quantitative estimate of drug-likeness (QED) is 0.231. The summed E-state index contributed by atoms with van der Waals surface area (Å²) in [4.78, 5) is 9.15. The second kappa shape index (κ2) is 10.5. The van der Waals surface area contributed by atoms with Crippen LogP contribution in [0.3, 0.4) is 0 Å². The minimum Gasteiger partial charge on any atom is -0.394 e. The normalized spacial score (nSPS) is 31.2. The molecule has 2 fully saturated rings. The molecule has 194 valence electrons. The largest absolute Gasteiger partial charge is 0.394 e. The number of aromatic nitrogens is 5. The second-order valence-corrected chi connectivity index (χ2v) is 10.0. The summed E-state index contributed by atoms with van der Waals surface area (Å²) in [6, 6.07) is -3.22. The molecule has 2 aromatic heterocycles. The molecule has 2 saturated carbocycles. The van der Waals surface area contributed by atoms with Gasteiger partial charge in [-0.15, -0.1) is 5.10 Å². The summed E-state index contributed by atoms with van der Waals surface area (Å²) in [6.45, 7) is 3.14. The lowest BCUT2D eigenvalue weighted by Crippen LogP contribution is -2.33. The summed E-state index contributed by atoms with van der Waals surface area (Å²) in [6.07, 6.45) is -1.96. The fourth-order valence-corrected chi connectivity index (χ4v) is 5.01. The van der Waals surface area contributed by atoms with Crippen molar-refractivity contribution in [2.45, 2.75) is 74.6 Å². The Bertz CT molecular complexity index is 1410. The van der Waals surface area contributed by atoms with Gasteiger partial charge in [0, 0.05) is 24.1 Å². The van der Waals surface area contributed by atoms with Gasteiger partial charge in [0.2, 0.25) is 0 Å². The number of aliphatic hydroxyl groups excluding tert-OH is 3. The first-order valence-corrected chi connectivity index (χ1v) is 12.9. The Labute approximate surface area is 217 Å². The van der Waals surface area contributed by atoms with Gasteiger partial charge in [0.1, 0.15) is 18.0 Å². The fourth-order valence-electron chi connectivity index (χ4n) is 4.32. The molecule has 2 aliphatic rings. The van der Waals surface area contributed by atoms with Gasteiger partial charge in [-0.3, -0.25) is 0 Å². The van der Waals surface area contributed by atoms with E-state index < -0.39 is 48.1 Å². The predicted octanol–water partition coefficient (Wildman–Crippen LogP) is 2.18. The molecule has 36 heavy (non-hydrogen) atoms. The minimum atomic E-state index is -1.44. The molecule has 6 atom stereocenters. The number of aliphatic hydroxyl groups is 3. The van der Waals surface area contributed by atoms with Crippen LogP contribution >= 0.6 is 11.8 Å². The van der Waals surface area contributed by atoms with Gasteiger partial charge in [-0.2, -0.15) is 0 Å². The highest BCUT2D eigenvalue weighted by atomic mass is 32.2. The SMILES string of the molecule is [2H]c1c([2H])c([C@@H]2C[C@@]2([2H])Nc2nc(SCCC)nc3c2nnn3[C@@H]2C[C@H](OCCO)[C@@H](O)[C@H]2O)c([2H])c(F)c1C. The van der Waals surface area contributed by atoms with Crippen LogP contribution < -0.4 is 5.32 Å². The van der Waals surface area contributed by atoms with Crippen LogP contribution in [-0.4, -0.2) is 83.6 Å². The first kappa shape index (κ1) is 20.7. The molecule has 1 aromatic carbocycles. The van der Waals surface area contributed by atoms with Crippen LogP contribution in [0.15, 0.2) is 23.3 Å². The van der Waals surface area contributed by atoms with E-state index in [0.29, 0.717) is 10.9 Å². The monoisotopic (exact) mass is 522 g/mol. The van der Waals surface area contributed by atoms with Crippen molar-refractivity contribution in [2.75, 3.05) is 24.3 Å².